The molecule has 0 saturated carbocycles. The molecule has 2 heterocycles. The van der Waals surface area contributed by atoms with Crippen molar-refractivity contribution in [2.24, 2.45) is 14.1 Å². The molecule has 0 fully saturated rings. The molecule has 0 radical (unpaired) electrons. The van der Waals surface area contributed by atoms with Gasteiger partial charge in [-0.15, -0.1) is 0 Å². The monoisotopic (exact) mass is 416 g/mol. The first-order chi connectivity index (χ1) is 14.2. The normalized spacial score (nSPS) is 11.6. The molecule has 2 aromatic heterocycles. The summed E-state index contributed by atoms with van der Waals surface area (Å²) in [7, 11) is 3.00. The molecule has 0 bridgehead atoms. The number of nitrogens with zero attached hydrogens (tertiary/aromatic N) is 5. The van der Waals surface area contributed by atoms with Gasteiger partial charge in [0.2, 0.25) is 5.91 Å². The van der Waals surface area contributed by atoms with E-state index in [-0.39, 0.29) is 24.3 Å². The fourth-order valence-corrected chi connectivity index (χ4v) is 3.24. The van der Waals surface area contributed by atoms with Crippen LogP contribution in [-0.2, 0) is 25.4 Å². The van der Waals surface area contributed by atoms with Crippen LogP contribution in [0.2, 0.25) is 0 Å². The molecule has 1 amide bonds. The van der Waals surface area contributed by atoms with Gasteiger partial charge in [-0.2, -0.15) is 0 Å². The van der Waals surface area contributed by atoms with Crippen LogP contribution in [-0.4, -0.2) is 48.6 Å². The Balaban J connectivity index is 1.74. The van der Waals surface area contributed by atoms with Gasteiger partial charge >= 0.3 is 5.69 Å². The number of rotatable bonds is 7. The second kappa shape index (κ2) is 8.62. The largest absolute Gasteiger partial charge is 0.332 e. The van der Waals surface area contributed by atoms with E-state index in [9.17, 15) is 18.8 Å². The molecular weight excluding hydrogens is 391 g/mol. The number of aryl methyl sites for hydroxylation is 1. The zero-order chi connectivity index (χ0) is 22.0. The number of benzene rings is 1. The summed E-state index contributed by atoms with van der Waals surface area (Å²) in [5, 5.41) is 2.75. The number of amides is 1. The van der Waals surface area contributed by atoms with Crippen LogP contribution < -0.4 is 16.6 Å². The first kappa shape index (κ1) is 21.4. The molecule has 9 nitrogen and oxygen atoms in total. The van der Waals surface area contributed by atoms with E-state index in [1.807, 2.05) is 18.7 Å². The predicted octanol–water partition coefficient (Wildman–Crippen LogP) is 0.922. The van der Waals surface area contributed by atoms with Crippen molar-refractivity contribution in [1.29, 1.82) is 0 Å². The zero-order valence-corrected chi connectivity index (χ0v) is 17.4. The SMILES string of the molecule is CC(C)N(CCn1cnc2c1c(=O)n(C)c(=O)n2C)CC(=O)Nc1ccc(F)cc1. The Morgan fingerprint density at radius 3 is 2.47 bits per heavy atom. The molecule has 0 saturated heterocycles. The molecule has 0 unspecified atom stereocenters. The number of halogens is 1. The summed E-state index contributed by atoms with van der Waals surface area (Å²) in [6, 6.07) is 5.66. The van der Waals surface area contributed by atoms with Crippen molar-refractivity contribution in [3.8, 4) is 0 Å². The van der Waals surface area contributed by atoms with Gasteiger partial charge in [0.25, 0.3) is 5.56 Å². The van der Waals surface area contributed by atoms with Crippen LogP contribution in [0.4, 0.5) is 10.1 Å². The number of anilines is 1. The van der Waals surface area contributed by atoms with Crippen molar-refractivity contribution >= 4 is 22.8 Å². The van der Waals surface area contributed by atoms with Gasteiger partial charge < -0.3 is 9.88 Å². The van der Waals surface area contributed by atoms with E-state index in [4.69, 9.17) is 0 Å². The summed E-state index contributed by atoms with van der Waals surface area (Å²) in [6.45, 7) is 5.00. The van der Waals surface area contributed by atoms with Crippen LogP contribution in [0, 0.1) is 5.82 Å². The number of hydrogen-bond acceptors (Lipinski definition) is 5. The minimum absolute atomic E-state index is 0.0749. The Morgan fingerprint density at radius 2 is 1.83 bits per heavy atom. The molecule has 0 aliphatic rings. The van der Waals surface area contributed by atoms with Crippen LogP contribution in [0.1, 0.15) is 13.8 Å². The minimum Gasteiger partial charge on any atom is -0.325 e. The van der Waals surface area contributed by atoms with Crippen LogP contribution in [0.25, 0.3) is 11.2 Å². The minimum atomic E-state index is -0.431. The quantitative estimate of drug-likeness (QED) is 0.618. The molecule has 10 heteroatoms. The lowest BCUT2D eigenvalue weighted by Gasteiger charge is -2.26. The molecule has 30 heavy (non-hydrogen) atoms. The summed E-state index contributed by atoms with van der Waals surface area (Å²) in [6.07, 6.45) is 1.53. The molecule has 0 aliphatic carbocycles. The van der Waals surface area contributed by atoms with Crippen molar-refractivity contribution < 1.29 is 9.18 Å². The lowest BCUT2D eigenvalue weighted by molar-refractivity contribution is -0.117. The van der Waals surface area contributed by atoms with Crippen LogP contribution in [0.15, 0.2) is 40.2 Å². The third-order valence-corrected chi connectivity index (χ3v) is 5.05. The molecule has 0 atom stereocenters. The molecule has 1 aromatic carbocycles. The third-order valence-electron chi connectivity index (χ3n) is 5.05. The van der Waals surface area contributed by atoms with Gasteiger partial charge in [-0.1, -0.05) is 0 Å². The van der Waals surface area contributed by atoms with E-state index in [0.29, 0.717) is 29.9 Å². The standard InChI is InChI=1S/C20H25FN6O3/c1-13(2)26(11-16(28)23-15-7-5-14(21)6-8-15)9-10-27-12-22-18-17(27)19(29)25(4)20(30)24(18)3/h5-8,12-13H,9-11H2,1-4H3,(H,23,28). The highest BCUT2D eigenvalue weighted by atomic mass is 19.1. The lowest BCUT2D eigenvalue weighted by Crippen LogP contribution is -2.40. The van der Waals surface area contributed by atoms with Crippen LogP contribution in [0.5, 0.6) is 0 Å². The number of hydrogen-bond donors (Lipinski definition) is 1. The third kappa shape index (κ3) is 4.33. The number of aromatic nitrogens is 4. The Kier molecular flexibility index (Phi) is 6.16. The topological polar surface area (TPSA) is 94.2 Å². The van der Waals surface area contributed by atoms with E-state index < -0.39 is 11.2 Å². The Bertz CT molecular complexity index is 1180. The summed E-state index contributed by atoms with van der Waals surface area (Å²) in [5.41, 5.74) is 0.359. The van der Waals surface area contributed by atoms with Gasteiger partial charge in [0.15, 0.2) is 11.2 Å². The Hall–Kier alpha value is -3.27. The predicted molar refractivity (Wildman–Crippen MR) is 112 cm³/mol. The van der Waals surface area contributed by atoms with E-state index in [2.05, 4.69) is 10.3 Å². The maximum Gasteiger partial charge on any atom is 0.332 e. The average molecular weight is 416 g/mol. The number of carbonyl (C=O) groups excluding carboxylic acids is 1. The van der Waals surface area contributed by atoms with Crippen molar-refractivity contribution in [3.05, 3.63) is 57.2 Å². The maximum absolute atomic E-state index is 13.0. The highest BCUT2D eigenvalue weighted by molar-refractivity contribution is 5.92. The molecular formula is C20H25FN6O3. The number of carbonyl (C=O) groups is 1. The second-order valence-corrected chi connectivity index (χ2v) is 7.44. The fourth-order valence-electron chi connectivity index (χ4n) is 3.24. The molecule has 0 aliphatic heterocycles. The molecule has 160 valence electrons. The number of fused-ring (bicyclic) bond motifs is 1. The van der Waals surface area contributed by atoms with Crippen molar-refractivity contribution in [2.45, 2.75) is 26.4 Å². The zero-order valence-electron chi connectivity index (χ0n) is 17.4. The fraction of sp³-hybridized carbons (Fsp3) is 0.400. The van der Waals surface area contributed by atoms with Gasteiger partial charge in [0.1, 0.15) is 5.82 Å². The van der Waals surface area contributed by atoms with Gasteiger partial charge in [-0.05, 0) is 38.1 Å². The van der Waals surface area contributed by atoms with Gasteiger partial charge in [-0.3, -0.25) is 23.6 Å². The number of imidazole rings is 1. The summed E-state index contributed by atoms with van der Waals surface area (Å²) < 4.78 is 17.1. The second-order valence-electron chi connectivity index (χ2n) is 7.44. The van der Waals surface area contributed by atoms with Crippen molar-refractivity contribution in [1.82, 2.24) is 23.6 Å². The highest BCUT2D eigenvalue weighted by Gasteiger charge is 2.17. The number of nitrogens with one attached hydrogen (secondary N) is 1. The van der Waals surface area contributed by atoms with E-state index >= 15 is 0 Å². The molecule has 3 rings (SSSR count). The van der Waals surface area contributed by atoms with E-state index in [1.165, 1.54) is 42.2 Å². The van der Waals surface area contributed by atoms with Gasteiger partial charge in [0.05, 0.1) is 12.9 Å². The van der Waals surface area contributed by atoms with Crippen LogP contribution >= 0.6 is 0 Å². The van der Waals surface area contributed by atoms with E-state index in [0.717, 1.165) is 4.57 Å². The Labute approximate surface area is 172 Å². The van der Waals surface area contributed by atoms with Crippen molar-refractivity contribution in [2.75, 3.05) is 18.4 Å². The summed E-state index contributed by atoms with van der Waals surface area (Å²) in [5.74, 6) is -0.586. The van der Waals surface area contributed by atoms with E-state index in [1.54, 1.807) is 11.6 Å². The first-order valence-corrected chi connectivity index (χ1v) is 9.59. The molecule has 3 aromatic rings. The smallest absolute Gasteiger partial charge is 0.325 e. The maximum atomic E-state index is 13.0. The van der Waals surface area contributed by atoms with Crippen LogP contribution in [0.3, 0.4) is 0 Å². The summed E-state index contributed by atoms with van der Waals surface area (Å²) in [4.78, 5) is 43.2. The van der Waals surface area contributed by atoms with Crippen molar-refractivity contribution in [3.63, 3.8) is 0 Å². The summed E-state index contributed by atoms with van der Waals surface area (Å²) >= 11 is 0. The van der Waals surface area contributed by atoms with Gasteiger partial charge in [0, 0.05) is 38.9 Å². The molecule has 1 N–H and O–H groups in total. The Morgan fingerprint density at radius 1 is 1.17 bits per heavy atom. The molecule has 0 spiro atoms. The first-order valence-electron chi connectivity index (χ1n) is 9.59. The average Bonchev–Trinajstić information content (AvgIpc) is 3.13. The highest BCUT2D eigenvalue weighted by Crippen LogP contribution is 2.10. The lowest BCUT2D eigenvalue weighted by atomic mass is 10.3. The van der Waals surface area contributed by atoms with Gasteiger partial charge in [-0.25, -0.2) is 14.2 Å².